The molecule has 28 heavy (non-hydrogen) atoms. The Bertz CT molecular complexity index is 836. The normalized spacial score (nSPS) is 15.3. The number of esters is 2. The summed E-state index contributed by atoms with van der Waals surface area (Å²) in [5, 5.41) is 2.87. The van der Waals surface area contributed by atoms with Crippen LogP contribution in [0.5, 0.6) is 11.5 Å². The fourth-order valence-corrected chi connectivity index (χ4v) is 2.42. The van der Waals surface area contributed by atoms with Gasteiger partial charge in [0.25, 0.3) is 5.79 Å². The van der Waals surface area contributed by atoms with E-state index in [0.29, 0.717) is 24.7 Å². The average Bonchev–Trinajstić information content (AvgIpc) is 2.65. The van der Waals surface area contributed by atoms with Gasteiger partial charge in [0.1, 0.15) is 24.7 Å². The summed E-state index contributed by atoms with van der Waals surface area (Å²) >= 11 is 0. The van der Waals surface area contributed by atoms with Gasteiger partial charge in [-0.3, -0.25) is 0 Å². The van der Waals surface area contributed by atoms with E-state index in [1.54, 1.807) is 24.3 Å². The lowest BCUT2D eigenvalue weighted by Gasteiger charge is -2.29. The molecule has 0 unspecified atom stereocenters. The van der Waals surface area contributed by atoms with Gasteiger partial charge in [0.15, 0.2) is 5.57 Å². The van der Waals surface area contributed by atoms with Gasteiger partial charge in [-0.2, -0.15) is 0 Å². The zero-order valence-electron chi connectivity index (χ0n) is 15.6. The molecule has 1 fully saturated rings. The molecular formula is C21H21NO6. The number of carbonyl (C=O) groups excluding carboxylic acids is 2. The molecule has 1 saturated heterocycles. The van der Waals surface area contributed by atoms with Crippen molar-refractivity contribution < 1.29 is 28.5 Å². The number of rotatable bonds is 7. The molecule has 1 heterocycles. The summed E-state index contributed by atoms with van der Waals surface area (Å²) in [6.45, 7) is 3.82. The highest BCUT2D eigenvalue weighted by Gasteiger charge is 2.38. The molecule has 1 aliphatic rings. The molecule has 2 aromatic carbocycles. The van der Waals surface area contributed by atoms with Crippen molar-refractivity contribution >= 4 is 17.6 Å². The first-order valence-corrected chi connectivity index (χ1v) is 8.77. The predicted molar refractivity (Wildman–Crippen MR) is 102 cm³/mol. The van der Waals surface area contributed by atoms with E-state index in [9.17, 15) is 9.59 Å². The maximum absolute atomic E-state index is 11.9. The van der Waals surface area contributed by atoms with Gasteiger partial charge >= 0.3 is 11.9 Å². The van der Waals surface area contributed by atoms with Crippen LogP contribution >= 0.6 is 0 Å². The minimum Gasteiger partial charge on any atom is -0.490 e. The summed E-state index contributed by atoms with van der Waals surface area (Å²) in [6, 6.07) is 16.6. The molecule has 0 amide bonds. The van der Waals surface area contributed by atoms with Crippen LogP contribution in [0.1, 0.15) is 13.8 Å². The minimum atomic E-state index is -1.26. The zero-order valence-corrected chi connectivity index (χ0v) is 15.6. The van der Waals surface area contributed by atoms with Gasteiger partial charge in [-0.25, -0.2) is 9.59 Å². The third kappa shape index (κ3) is 5.26. The van der Waals surface area contributed by atoms with Crippen LogP contribution < -0.4 is 14.8 Å². The van der Waals surface area contributed by atoms with Crippen LogP contribution in [0.3, 0.4) is 0 Å². The molecule has 1 N–H and O–H groups in total. The van der Waals surface area contributed by atoms with E-state index in [1.807, 2.05) is 30.3 Å². The SMILES string of the molecule is CC1(C)OC(=O)C(=CNc2ccc(OCCOc3ccccc3)cc2)C(=O)O1. The van der Waals surface area contributed by atoms with Crippen LogP contribution in [0.15, 0.2) is 66.4 Å². The second-order valence-electron chi connectivity index (χ2n) is 6.42. The number of nitrogens with one attached hydrogen (secondary N) is 1. The van der Waals surface area contributed by atoms with Crippen molar-refractivity contribution in [2.75, 3.05) is 18.5 Å². The summed E-state index contributed by atoms with van der Waals surface area (Å²) in [4.78, 5) is 23.8. The number of hydrogen-bond donors (Lipinski definition) is 1. The molecule has 1 aliphatic heterocycles. The molecular weight excluding hydrogens is 362 g/mol. The Morgan fingerprint density at radius 2 is 1.39 bits per heavy atom. The zero-order chi connectivity index (χ0) is 20.0. The quantitative estimate of drug-likeness (QED) is 0.340. The maximum Gasteiger partial charge on any atom is 0.350 e. The van der Waals surface area contributed by atoms with E-state index in [2.05, 4.69) is 5.32 Å². The Labute approximate surface area is 162 Å². The Kier molecular flexibility index (Phi) is 5.84. The molecule has 0 aromatic heterocycles. The van der Waals surface area contributed by atoms with E-state index >= 15 is 0 Å². The molecule has 7 nitrogen and oxygen atoms in total. The number of ether oxygens (including phenoxy) is 4. The second-order valence-corrected chi connectivity index (χ2v) is 6.42. The molecule has 0 spiro atoms. The smallest absolute Gasteiger partial charge is 0.350 e. The Balaban J connectivity index is 1.48. The summed E-state index contributed by atoms with van der Waals surface area (Å²) in [5.74, 6) is -1.25. The van der Waals surface area contributed by atoms with Gasteiger partial charge in [-0.1, -0.05) is 18.2 Å². The number of para-hydroxylation sites is 1. The number of hydrogen-bond acceptors (Lipinski definition) is 7. The molecule has 146 valence electrons. The van der Waals surface area contributed by atoms with Crippen LogP contribution in [0, 0.1) is 0 Å². The molecule has 3 rings (SSSR count). The Hall–Kier alpha value is -3.48. The summed E-state index contributed by atoms with van der Waals surface area (Å²) in [7, 11) is 0. The number of carbonyl (C=O) groups is 2. The summed E-state index contributed by atoms with van der Waals surface area (Å²) < 4.78 is 21.2. The highest BCUT2D eigenvalue weighted by molar-refractivity contribution is 6.15. The summed E-state index contributed by atoms with van der Waals surface area (Å²) in [5.41, 5.74) is 0.475. The van der Waals surface area contributed by atoms with Crippen LogP contribution in [-0.2, 0) is 19.1 Å². The van der Waals surface area contributed by atoms with Crippen LogP contribution in [-0.4, -0.2) is 30.9 Å². The monoisotopic (exact) mass is 383 g/mol. The van der Waals surface area contributed by atoms with Gasteiger partial charge in [-0.05, 0) is 36.4 Å². The fourth-order valence-electron chi connectivity index (χ4n) is 2.42. The van der Waals surface area contributed by atoms with Crippen molar-refractivity contribution in [2.45, 2.75) is 19.6 Å². The van der Waals surface area contributed by atoms with Crippen molar-refractivity contribution in [3.63, 3.8) is 0 Å². The molecule has 7 heteroatoms. The van der Waals surface area contributed by atoms with E-state index in [4.69, 9.17) is 18.9 Å². The van der Waals surface area contributed by atoms with Crippen molar-refractivity contribution in [2.24, 2.45) is 0 Å². The van der Waals surface area contributed by atoms with Gasteiger partial charge in [0.2, 0.25) is 0 Å². The van der Waals surface area contributed by atoms with E-state index in [0.717, 1.165) is 5.75 Å². The first-order valence-electron chi connectivity index (χ1n) is 8.77. The minimum absolute atomic E-state index is 0.197. The molecule has 0 bridgehead atoms. The fraction of sp³-hybridized carbons (Fsp3) is 0.238. The van der Waals surface area contributed by atoms with Gasteiger partial charge in [-0.15, -0.1) is 0 Å². The lowest BCUT2D eigenvalue weighted by atomic mass is 10.2. The van der Waals surface area contributed by atoms with Gasteiger partial charge in [0.05, 0.1) is 0 Å². The van der Waals surface area contributed by atoms with Crippen molar-refractivity contribution in [1.29, 1.82) is 0 Å². The third-order valence-electron chi connectivity index (χ3n) is 3.72. The van der Waals surface area contributed by atoms with Crippen LogP contribution in [0.2, 0.25) is 0 Å². The number of benzene rings is 2. The van der Waals surface area contributed by atoms with Crippen molar-refractivity contribution in [1.82, 2.24) is 0 Å². The standard InChI is InChI=1S/C21H21NO6/c1-21(2)27-19(23)18(20(24)28-21)14-22-15-8-10-17(11-9-15)26-13-12-25-16-6-4-3-5-7-16/h3-11,14,22H,12-13H2,1-2H3. The Morgan fingerprint density at radius 1 is 0.857 bits per heavy atom. The number of cyclic esters (lactones) is 2. The largest absolute Gasteiger partial charge is 0.490 e. The molecule has 0 radical (unpaired) electrons. The van der Waals surface area contributed by atoms with Gasteiger partial charge < -0.3 is 24.3 Å². The average molecular weight is 383 g/mol. The first-order chi connectivity index (χ1) is 13.4. The summed E-state index contributed by atoms with van der Waals surface area (Å²) in [6.07, 6.45) is 1.27. The third-order valence-corrected chi connectivity index (χ3v) is 3.72. The van der Waals surface area contributed by atoms with Crippen molar-refractivity contribution in [3.8, 4) is 11.5 Å². The predicted octanol–water partition coefficient (Wildman–Crippen LogP) is 3.28. The first kappa shape index (κ1) is 19.3. The lowest BCUT2D eigenvalue weighted by Crippen LogP contribution is -2.42. The topological polar surface area (TPSA) is 83.1 Å². The number of anilines is 1. The van der Waals surface area contributed by atoms with E-state index in [1.165, 1.54) is 20.0 Å². The molecule has 0 saturated carbocycles. The molecule has 0 aliphatic carbocycles. The van der Waals surface area contributed by atoms with Crippen LogP contribution in [0.4, 0.5) is 5.69 Å². The van der Waals surface area contributed by atoms with Crippen molar-refractivity contribution in [3.05, 3.63) is 66.4 Å². The lowest BCUT2D eigenvalue weighted by molar-refractivity contribution is -0.222. The van der Waals surface area contributed by atoms with Gasteiger partial charge in [0, 0.05) is 25.7 Å². The molecule has 0 atom stereocenters. The highest BCUT2D eigenvalue weighted by Crippen LogP contribution is 2.23. The van der Waals surface area contributed by atoms with E-state index < -0.39 is 17.7 Å². The highest BCUT2D eigenvalue weighted by atomic mass is 16.7. The second kappa shape index (κ2) is 8.47. The van der Waals surface area contributed by atoms with E-state index in [-0.39, 0.29) is 5.57 Å². The maximum atomic E-state index is 11.9. The van der Waals surface area contributed by atoms with Crippen LogP contribution in [0.25, 0.3) is 0 Å². The Morgan fingerprint density at radius 3 is 1.96 bits per heavy atom. The molecule has 2 aromatic rings.